The Morgan fingerprint density at radius 2 is 1.93 bits per heavy atom. The van der Waals surface area contributed by atoms with Crippen molar-refractivity contribution in [3.63, 3.8) is 0 Å². The van der Waals surface area contributed by atoms with Crippen molar-refractivity contribution in [3.8, 4) is 0 Å². The number of rotatable bonds is 7. The minimum Gasteiger partial charge on any atom is -0.507 e. The van der Waals surface area contributed by atoms with Crippen LogP contribution in [0.5, 0.6) is 0 Å². The quantitative estimate of drug-likeness (QED) is 0.350. The number of hydrogen-bond donors (Lipinski definition) is 1. The molecule has 0 unspecified atom stereocenters. The Labute approximate surface area is 158 Å². The van der Waals surface area contributed by atoms with Gasteiger partial charge in [-0.1, -0.05) is 30.3 Å². The van der Waals surface area contributed by atoms with Crippen LogP contribution in [0.4, 0.5) is 0 Å². The van der Waals surface area contributed by atoms with Crippen LogP contribution in [0.2, 0.25) is 0 Å². The lowest BCUT2D eigenvalue weighted by Gasteiger charge is -2.23. The highest BCUT2D eigenvalue weighted by atomic mass is 16.5. The van der Waals surface area contributed by atoms with Gasteiger partial charge >= 0.3 is 0 Å². The SMILES string of the molecule is CC(C)OCCCN1C(=O)C(=O)C(=C(O)c2ccccc2)[C@H]1c1ccco1. The van der Waals surface area contributed by atoms with Crippen LogP contribution in [0.1, 0.15) is 37.6 Å². The zero-order chi connectivity index (χ0) is 19.4. The molecule has 1 N–H and O–H groups in total. The Hall–Kier alpha value is -2.86. The molecular formula is C21H23NO5. The second-order valence-corrected chi connectivity index (χ2v) is 6.65. The largest absolute Gasteiger partial charge is 0.507 e. The molecule has 0 spiro atoms. The smallest absolute Gasteiger partial charge is 0.295 e. The Morgan fingerprint density at radius 3 is 2.56 bits per heavy atom. The number of Topliss-reactive ketones (excluding diaryl/α,β-unsaturated/α-hetero) is 1. The first-order valence-electron chi connectivity index (χ1n) is 8.99. The summed E-state index contributed by atoms with van der Waals surface area (Å²) in [5, 5.41) is 10.8. The lowest BCUT2D eigenvalue weighted by molar-refractivity contribution is -0.140. The molecule has 1 saturated heterocycles. The van der Waals surface area contributed by atoms with Crippen LogP contribution >= 0.6 is 0 Å². The standard InChI is InChI=1S/C21H23NO5/c1-14(2)26-13-7-11-22-18(16-10-6-12-27-16)17(20(24)21(22)25)19(23)15-8-4-3-5-9-15/h3-6,8-10,12,14,18,23H,7,11,13H2,1-2H3/t18-/m1/s1. The van der Waals surface area contributed by atoms with Crippen LogP contribution in [0.15, 0.2) is 58.7 Å². The molecule has 27 heavy (non-hydrogen) atoms. The highest BCUT2D eigenvalue weighted by molar-refractivity contribution is 6.46. The van der Waals surface area contributed by atoms with Gasteiger partial charge in [0.05, 0.1) is 17.9 Å². The molecule has 1 aliphatic heterocycles. The molecule has 1 aromatic carbocycles. The van der Waals surface area contributed by atoms with Gasteiger partial charge in [0.2, 0.25) is 0 Å². The average Bonchev–Trinajstić information content (AvgIpc) is 3.27. The predicted octanol–water partition coefficient (Wildman–Crippen LogP) is 3.52. The maximum absolute atomic E-state index is 12.7. The number of hydrogen-bond acceptors (Lipinski definition) is 5. The highest BCUT2D eigenvalue weighted by Gasteiger charge is 2.47. The van der Waals surface area contributed by atoms with E-state index in [4.69, 9.17) is 9.15 Å². The number of likely N-dealkylation sites (tertiary alicyclic amines) is 1. The molecule has 1 aliphatic rings. The Kier molecular flexibility index (Phi) is 5.76. The average molecular weight is 369 g/mol. The number of benzene rings is 1. The van der Waals surface area contributed by atoms with Crippen molar-refractivity contribution in [2.24, 2.45) is 0 Å². The zero-order valence-electron chi connectivity index (χ0n) is 15.4. The summed E-state index contributed by atoms with van der Waals surface area (Å²) < 4.78 is 11.0. The van der Waals surface area contributed by atoms with Gasteiger partial charge in [-0.05, 0) is 32.4 Å². The molecule has 0 aliphatic carbocycles. The van der Waals surface area contributed by atoms with Crippen LogP contribution in [0.25, 0.3) is 5.76 Å². The fourth-order valence-corrected chi connectivity index (χ4v) is 3.16. The van der Waals surface area contributed by atoms with Gasteiger partial charge in [-0.15, -0.1) is 0 Å². The van der Waals surface area contributed by atoms with Crippen molar-refractivity contribution in [1.82, 2.24) is 4.90 Å². The fourth-order valence-electron chi connectivity index (χ4n) is 3.16. The first-order chi connectivity index (χ1) is 13.0. The van der Waals surface area contributed by atoms with Gasteiger partial charge in [-0.2, -0.15) is 0 Å². The lowest BCUT2D eigenvalue weighted by Crippen LogP contribution is -2.31. The van der Waals surface area contributed by atoms with Crippen molar-refractivity contribution in [2.45, 2.75) is 32.4 Å². The topological polar surface area (TPSA) is 80.0 Å². The molecule has 1 aromatic heterocycles. The van der Waals surface area contributed by atoms with Crippen molar-refractivity contribution >= 4 is 17.4 Å². The molecule has 1 atom stereocenters. The second kappa shape index (κ2) is 8.22. The van der Waals surface area contributed by atoms with Crippen molar-refractivity contribution < 1.29 is 23.8 Å². The number of carbonyl (C=O) groups is 2. The molecular weight excluding hydrogens is 346 g/mol. The van der Waals surface area contributed by atoms with Gasteiger partial charge in [0.25, 0.3) is 11.7 Å². The second-order valence-electron chi connectivity index (χ2n) is 6.65. The first kappa shape index (κ1) is 18.9. The number of aliphatic hydroxyl groups is 1. The molecule has 2 aromatic rings. The summed E-state index contributed by atoms with van der Waals surface area (Å²) in [6.07, 6.45) is 2.16. The van der Waals surface area contributed by atoms with E-state index in [0.29, 0.717) is 30.9 Å². The number of aliphatic hydroxyl groups excluding tert-OH is 1. The van der Waals surface area contributed by atoms with Crippen LogP contribution < -0.4 is 0 Å². The molecule has 6 nitrogen and oxygen atoms in total. The van der Waals surface area contributed by atoms with Gasteiger partial charge in [-0.25, -0.2) is 0 Å². The Balaban J connectivity index is 1.95. The third-order valence-electron chi connectivity index (χ3n) is 4.39. The van der Waals surface area contributed by atoms with Gasteiger partial charge in [0, 0.05) is 18.7 Å². The fraction of sp³-hybridized carbons (Fsp3) is 0.333. The van der Waals surface area contributed by atoms with Crippen molar-refractivity contribution in [1.29, 1.82) is 0 Å². The number of amides is 1. The van der Waals surface area contributed by atoms with E-state index in [1.54, 1.807) is 36.4 Å². The van der Waals surface area contributed by atoms with Gasteiger partial charge in [-0.3, -0.25) is 9.59 Å². The third-order valence-corrected chi connectivity index (χ3v) is 4.39. The lowest BCUT2D eigenvalue weighted by atomic mass is 9.99. The normalized spacial score (nSPS) is 19.2. The Bertz CT molecular complexity index is 824. The van der Waals surface area contributed by atoms with E-state index < -0.39 is 17.7 Å². The molecule has 3 rings (SSSR count). The summed E-state index contributed by atoms with van der Waals surface area (Å²) >= 11 is 0. The van der Waals surface area contributed by atoms with Gasteiger partial charge < -0.3 is 19.2 Å². The van der Waals surface area contributed by atoms with Crippen LogP contribution in [-0.4, -0.2) is 41.0 Å². The highest BCUT2D eigenvalue weighted by Crippen LogP contribution is 2.39. The monoisotopic (exact) mass is 369 g/mol. The molecule has 0 bridgehead atoms. The zero-order valence-corrected chi connectivity index (χ0v) is 15.4. The number of nitrogens with zero attached hydrogens (tertiary/aromatic N) is 1. The third kappa shape index (κ3) is 3.95. The molecule has 0 radical (unpaired) electrons. The van der Waals surface area contributed by atoms with Crippen molar-refractivity contribution in [3.05, 3.63) is 65.6 Å². The van der Waals surface area contributed by atoms with Crippen LogP contribution in [0, 0.1) is 0 Å². The predicted molar refractivity (Wildman–Crippen MR) is 99.9 cm³/mol. The van der Waals surface area contributed by atoms with Gasteiger partial charge in [0.15, 0.2) is 0 Å². The van der Waals surface area contributed by atoms with E-state index in [0.717, 1.165) is 0 Å². The minimum absolute atomic E-state index is 0.0472. The molecule has 1 fully saturated rings. The van der Waals surface area contributed by atoms with Gasteiger partial charge in [0.1, 0.15) is 17.6 Å². The van der Waals surface area contributed by atoms with Crippen molar-refractivity contribution in [2.75, 3.05) is 13.2 Å². The summed E-state index contributed by atoms with van der Waals surface area (Å²) in [4.78, 5) is 26.8. The van der Waals surface area contributed by atoms with E-state index in [1.165, 1.54) is 11.2 Å². The summed E-state index contributed by atoms with van der Waals surface area (Å²) in [6, 6.07) is 11.4. The molecule has 6 heteroatoms. The number of furan rings is 1. The van der Waals surface area contributed by atoms with E-state index in [9.17, 15) is 14.7 Å². The number of ether oxygens (including phenoxy) is 1. The van der Waals surface area contributed by atoms with E-state index in [-0.39, 0.29) is 17.4 Å². The number of ketones is 1. The minimum atomic E-state index is -0.751. The maximum atomic E-state index is 12.7. The Morgan fingerprint density at radius 1 is 1.19 bits per heavy atom. The molecule has 1 amide bonds. The van der Waals surface area contributed by atoms with E-state index >= 15 is 0 Å². The molecule has 2 heterocycles. The van der Waals surface area contributed by atoms with E-state index in [2.05, 4.69) is 0 Å². The summed E-state index contributed by atoms with van der Waals surface area (Å²) in [5.41, 5.74) is 0.529. The van der Waals surface area contributed by atoms with Crippen LogP contribution in [-0.2, 0) is 14.3 Å². The van der Waals surface area contributed by atoms with E-state index in [1.807, 2.05) is 19.9 Å². The number of carbonyl (C=O) groups excluding carboxylic acids is 2. The molecule has 0 saturated carbocycles. The summed E-state index contributed by atoms with van der Waals surface area (Å²) in [5.74, 6) is -1.10. The van der Waals surface area contributed by atoms with Crippen LogP contribution in [0.3, 0.4) is 0 Å². The summed E-state index contributed by atoms with van der Waals surface area (Å²) in [6.45, 7) is 4.68. The maximum Gasteiger partial charge on any atom is 0.295 e. The summed E-state index contributed by atoms with van der Waals surface area (Å²) in [7, 11) is 0. The molecule has 142 valence electrons. The first-order valence-corrected chi connectivity index (χ1v) is 8.99.